The number of carbonyl (C=O) groups is 1. The van der Waals surface area contributed by atoms with Crippen molar-refractivity contribution in [3.8, 4) is 0 Å². The van der Waals surface area contributed by atoms with Crippen molar-refractivity contribution < 1.29 is 9.59 Å². The Morgan fingerprint density at radius 1 is 1.22 bits per heavy atom. The van der Waals surface area contributed by atoms with Gasteiger partial charge in [-0.15, -0.1) is 0 Å². The van der Waals surface area contributed by atoms with Crippen LogP contribution in [-0.2, 0) is 9.59 Å². The first-order chi connectivity index (χ1) is 8.16. The van der Waals surface area contributed by atoms with E-state index in [2.05, 4.69) is 15.0 Å². The summed E-state index contributed by atoms with van der Waals surface area (Å²) in [6, 6.07) is 0. The first-order valence-corrected chi connectivity index (χ1v) is 5.85. The van der Waals surface area contributed by atoms with E-state index >= 15 is 0 Å². The zero-order valence-corrected chi connectivity index (χ0v) is 12.0. The van der Waals surface area contributed by atoms with E-state index in [4.69, 9.17) is 5.53 Å². The lowest BCUT2D eigenvalue weighted by molar-refractivity contribution is -0.126. The van der Waals surface area contributed by atoms with Crippen LogP contribution in [0.2, 0.25) is 0 Å². The van der Waals surface area contributed by atoms with Crippen molar-refractivity contribution in [1.29, 1.82) is 0 Å². The second-order valence-corrected chi connectivity index (χ2v) is 5.10. The molecule has 18 heavy (non-hydrogen) atoms. The number of carbonyl (C=O) groups excluding carboxylic acids is 2. The number of azide groups is 1. The lowest BCUT2D eigenvalue weighted by atomic mass is 9.90. The van der Waals surface area contributed by atoms with Gasteiger partial charge in [0.05, 0.1) is 5.54 Å². The fourth-order valence-electron chi connectivity index (χ4n) is 0.530. The van der Waals surface area contributed by atoms with E-state index < -0.39 is 11.3 Å². The summed E-state index contributed by atoms with van der Waals surface area (Å²) < 4.78 is 0. The molecule has 0 radical (unpaired) electrons. The summed E-state index contributed by atoms with van der Waals surface area (Å²) in [6.45, 7) is 11.2. The summed E-state index contributed by atoms with van der Waals surface area (Å²) in [7, 11) is 0. The van der Waals surface area contributed by atoms with Crippen LogP contribution in [0.3, 0.4) is 0 Å². The summed E-state index contributed by atoms with van der Waals surface area (Å²) >= 11 is 0. The number of nitrogens with zero attached hydrogens (tertiary/aromatic N) is 4. The summed E-state index contributed by atoms with van der Waals surface area (Å²) in [5.74, 6) is -0.391. The lowest BCUT2D eigenvalue weighted by Crippen LogP contribution is -2.20. The highest BCUT2D eigenvalue weighted by Crippen LogP contribution is 2.21. The topological polar surface area (TPSA) is 95.3 Å². The second-order valence-electron chi connectivity index (χ2n) is 5.10. The van der Waals surface area contributed by atoms with Gasteiger partial charge in [0.2, 0.25) is 12.0 Å². The molecule has 0 aromatic carbocycles. The van der Waals surface area contributed by atoms with Gasteiger partial charge in [-0.05, 0) is 37.3 Å². The molecule has 0 aromatic heterocycles. The zero-order chi connectivity index (χ0) is 14.8. The van der Waals surface area contributed by atoms with Gasteiger partial charge in [0.15, 0.2) is 0 Å². The van der Waals surface area contributed by atoms with E-state index in [-0.39, 0.29) is 5.54 Å². The summed E-state index contributed by atoms with van der Waals surface area (Å²) in [4.78, 5) is 26.6. The van der Waals surface area contributed by atoms with Crippen molar-refractivity contribution >= 4 is 12.0 Å². The van der Waals surface area contributed by atoms with Crippen LogP contribution in [0.1, 0.15) is 54.4 Å². The van der Waals surface area contributed by atoms with E-state index in [0.29, 0.717) is 6.42 Å². The molecule has 0 atom stereocenters. The third-order valence-electron chi connectivity index (χ3n) is 2.81. The van der Waals surface area contributed by atoms with Crippen molar-refractivity contribution in [2.75, 3.05) is 0 Å². The standard InChI is InChI=1S/C6H11N3O.C6H11NO/c1-4-6(2,3)5(10)8-9-7;1-4-6(2,3)7-5-8/h4H2,1-3H3;4H2,1-3H3. The van der Waals surface area contributed by atoms with Crippen molar-refractivity contribution in [3.63, 3.8) is 0 Å². The van der Waals surface area contributed by atoms with Gasteiger partial charge in [0, 0.05) is 10.3 Å². The van der Waals surface area contributed by atoms with Crippen LogP contribution in [-0.4, -0.2) is 17.5 Å². The average Bonchev–Trinajstić information content (AvgIpc) is 2.30. The number of hydrogen-bond acceptors (Lipinski definition) is 3. The Morgan fingerprint density at radius 2 is 1.72 bits per heavy atom. The van der Waals surface area contributed by atoms with Gasteiger partial charge in [0.25, 0.3) is 0 Å². The highest BCUT2D eigenvalue weighted by atomic mass is 16.2. The number of hydrogen-bond donors (Lipinski definition) is 0. The fraction of sp³-hybridized carbons (Fsp3) is 0.833. The van der Waals surface area contributed by atoms with Crippen LogP contribution >= 0.6 is 0 Å². The van der Waals surface area contributed by atoms with Gasteiger partial charge in [-0.1, -0.05) is 27.7 Å². The molecule has 0 spiro atoms. The smallest absolute Gasteiger partial charge is 0.235 e. The van der Waals surface area contributed by atoms with Crippen molar-refractivity contribution in [2.45, 2.75) is 59.9 Å². The first kappa shape index (κ1) is 18.7. The molecular formula is C12H22N4O2. The monoisotopic (exact) mass is 254 g/mol. The molecule has 6 heteroatoms. The highest BCUT2D eigenvalue weighted by molar-refractivity contribution is 5.82. The molecule has 0 rings (SSSR count). The van der Waals surface area contributed by atoms with Crippen molar-refractivity contribution in [1.82, 2.24) is 0 Å². The minimum absolute atomic E-state index is 0.207. The van der Waals surface area contributed by atoms with E-state index in [9.17, 15) is 9.59 Å². The van der Waals surface area contributed by atoms with Crippen molar-refractivity contribution in [3.05, 3.63) is 10.4 Å². The van der Waals surface area contributed by atoms with E-state index in [1.165, 1.54) is 6.08 Å². The van der Waals surface area contributed by atoms with Crippen LogP contribution in [0, 0.1) is 5.41 Å². The Kier molecular flexibility index (Phi) is 8.79. The molecule has 0 heterocycles. The summed E-state index contributed by atoms with van der Waals surface area (Å²) in [5.41, 5.74) is 7.22. The first-order valence-electron chi connectivity index (χ1n) is 5.85. The predicted octanol–water partition coefficient (Wildman–Crippen LogP) is 3.77. The van der Waals surface area contributed by atoms with Crippen molar-refractivity contribution in [2.24, 2.45) is 15.5 Å². The Bertz CT molecular complexity index is 362. The van der Waals surface area contributed by atoms with Gasteiger partial charge in [-0.25, -0.2) is 4.79 Å². The Hall–Kier alpha value is -1.64. The van der Waals surface area contributed by atoms with Crippen LogP contribution < -0.4 is 0 Å². The van der Waals surface area contributed by atoms with Gasteiger partial charge in [-0.2, -0.15) is 4.99 Å². The Morgan fingerprint density at radius 3 is 1.94 bits per heavy atom. The minimum atomic E-state index is -0.508. The van der Waals surface area contributed by atoms with E-state index in [1.807, 2.05) is 27.7 Å². The molecule has 0 saturated carbocycles. The molecule has 102 valence electrons. The minimum Gasteiger partial charge on any atom is -0.292 e. The fourth-order valence-corrected chi connectivity index (χ4v) is 0.530. The van der Waals surface area contributed by atoms with Gasteiger partial charge in [0.1, 0.15) is 0 Å². The quantitative estimate of drug-likeness (QED) is 0.251. The molecule has 6 nitrogen and oxygen atoms in total. The third kappa shape index (κ3) is 8.50. The SMILES string of the molecule is CCC(C)(C)C(=O)N=[N+]=[N-].CCC(C)(C)N=C=O. The molecule has 0 unspecified atom stereocenters. The summed E-state index contributed by atoms with van der Waals surface area (Å²) in [5, 5.41) is 3.01. The van der Waals surface area contributed by atoms with Gasteiger partial charge < -0.3 is 0 Å². The molecule has 0 aliphatic carbocycles. The molecule has 0 N–H and O–H groups in total. The molecule has 0 fully saturated rings. The van der Waals surface area contributed by atoms with Gasteiger partial charge in [-0.3, -0.25) is 4.79 Å². The van der Waals surface area contributed by atoms with Crippen LogP contribution in [0.15, 0.2) is 10.1 Å². The molecule has 1 amide bonds. The molecule has 0 bridgehead atoms. The van der Waals surface area contributed by atoms with Crippen LogP contribution in [0.25, 0.3) is 10.4 Å². The number of aliphatic imine (C=N–C) groups is 1. The van der Waals surface area contributed by atoms with E-state index in [0.717, 1.165) is 6.42 Å². The Labute approximate surface area is 108 Å². The molecular weight excluding hydrogens is 232 g/mol. The number of isocyanates is 1. The third-order valence-corrected chi connectivity index (χ3v) is 2.81. The highest BCUT2D eigenvalue weighted by Gasteiger charge is 2.23. The number of amides is 1. The lowest BCUT2D eigenvalue weighted by Gasteiger charge is -2.16. The van der Waals surface area contributed by atoms with Crippen LogP contribution in [0.4, 0.5) is 0 Å². The zero-order valence-electron chi connectivity index (χ0n) is 12.0. The maximum Gasteiger partial charge on any atom is 0.235 e. The average molecular weight is 254 g/mol. The van der Waals surface area contributed by atoms with Crippen LogP contribution in [0.5, 0.6) is 0 Å². The van der Waals surface area contributed by atoms with E-state index in [1.54, 1.807) is 13.8 Å². The molecule has 0 saturated heterocycles. The maximum atomic E-state index is 10.9. The van der Waals surface area contributed by atoms with Gasteiger partial charge >= 0.3 is 0 Å². The number of rotatable bonds is 4. The second kappa shape index (κ2) is 8.45. The summed E-state index contributed by atoms with van der Waals surface area (Å²) in [6.07, 6.45) is 3.10. The Balaban J connectivity index is 0. The predicted molar refractivity (Wildman–Crippen MR) is 70.7 cm³/mol. The largest absolute Gasteiger partial charge is 0.292 e. The molecule has 0 aliphatic heterocycles. The molecule has 0 aromatic rings. The molecule has 0 aliphatic rings. The normalized spacial score (nSPS) is 10.3. The maximum absolute atomic E-state index is 10.9.